The van der Waals surface area contributed by atoms with Crippen LogP contribution in [0.3, 0.4) is 0 Å². The Balaban J connectivity index is 1.24. The molecular formula is C29H37N3O3S. The Morgan fingerprint density at radius 2 is 1.58 bits per heavy atom. The molecule has 6 nitrogen and oxygen atoms in total. The molecule has 1 amide bonds. The van der Waals surface area contributed by atoms with Crippen molar-refractivity contribution in [3.8, 4) is 0 Å². The lowest BCUT2D eigenvalue weighted by molar-refractivity contribution is -0.137. The van der Waals surface area contributed by atoms with Crippen molar-refractivity contribution in [2.45, 2.75) is 74.7 Å². The van der Waals surface area contributed by atoms with Gasteiger partial charge in [-0.15, -0.1) is 11.8 Å². The molecule has 0 bridgehead atoms. The number of amides is 1. The predicted molar refractivity (Wildman–Crippen MR) is 146 cm³/mol. The van der Waals surface area contributed by atoms with Gasteiger partial charge >= 0.3 is 5.97 Å². The molecule has 0 spiro atoms. The van der Waals surface area contributed by atoms with Crippen LogP contribution in [-0.2, 0) is 9.59 Å². The van der Waals surface area contributed by atoms with Gasteiger partial charge in [-0.25, -0.2) is 0 Å². The second-order valence-electron chi connectivity index (χ2n) is 10.4. The maximum atomic E-state index is 14.0. The number of hydrogen-bond donors (Lipinski definition) is 3. The van der Waals surface area contributed by atoms with Gasteiger partial charge in [-0.2, -0.15) is 0 Å². The lowest BCUT2D eigenvalue weighted by atomic mass is 9.76. The van der Waals surface area contributed by atoms with E-state index < -0.39 is 11.0 Å². The molecule has 2 fully saturated rings. The number of aliphatic carboxylic acids is 1. The molecule has 7 heteroatoms. The van der Waals surface area contributed by atoms with E-state index in [9.17, 15) is 14.7 Å². The van der Waals surface area contributed by atoms with E-state index in [1.54, 1.807) is 11.8 Å². The lowest BCUT2D eigenvalue weighted by Gasteiger charge is -2.34. The summed E-state index contributed by atoms with van der Waals surface area (Å²) >= 11 is 1.59. The van der Waals surface area contributed by atoms with Crippen LogP contribution in [0, 0.1) is 5.92 Å². The number of carboxylic acid groups (broad SMARTS) is 1. The molecule has 1 atom stereocenters. The van der Waals surface area contributed by atoms with Crippen LogP contribution in [0.5, 0.6) is 0 Å². The number of anilines is 2. The summed E-state index contributed by atoms with van der Waals surface area (Å²) in [4.78, 5) is 27.1. The quantitative estimate of drug-likeness (QED) is 0.317. The Kier molecular flexibility index (Phi) is 7.75. The number of carboxylic acids is 1. The topological polar surface area (TPSA) is 81.7 Å². The number of thioether (sulfide) groups is 1. The van der Waals surface area contributed by atoms with Crippen LogP contribution < -0.4 is 10.6 Å². The number of hydrogen-bond acceptors (Lipinski definition) is 5. The highest BCUT2D eigenvalue weighted by Crippen LogP contribution is 2.43. The minimum Gasteiger partial charge on any atom is -0.481 e. The van der Waals surface area contributed by atoms with Gasteiger partial charge in [0.05, 0.1) is 23.7 Å². The lowest BCUT2D eigenvalue weighted by Crippen LogP contribution is -2.42. The molecule has 192 valence electrons. The van der Waals surface area contributed by atoms with Crippen LogP contribution in [0.1, 0.15) is 69.3 Å². The summed E-state index contributed by atoms with van der Waals surface area (Å²) < 4.78 is 0. The van der Waals surface area contributed by atoms with Crippen LogP contribution >= 0.6 is 11.8 Å². The number of para-hydroxylation sites is 2. The zero-order valence-corrected chi connectivity index (χ0v) is 21.6. The molecule has 3 N–H and O–H groups in total. The highest BCUT2D eigenvalue weighted by molar-refractivity contribution is 8.00. The molecule has 1 heterocycles. The summed E-state index contributed by atoms with van der Waals surface area (Å²) in [7, 11) is 0. The van der Waals surface area contributed by atoms with Crippen LogP contribution in [-0.4, -0.2) is 45.2 Å². The van der Waals surface area contributed by atoms with E-state index in [2.05, 4.69) is 39.8 Å². The third kappa shape index (κ3) is 5.83. The van der Waals surface area contributed by atoms with E-state index in [1.165, 1.54) is 19.3 Å². The smallest absolute Gasteiger partial charge is 0.308 e. The molecule has 2 aliphatic carbocycles. The summed E-state index contributed by atoms with van der Waals surface area (Å²) in [5.74, 6) is 0.588. The minimum atomic E-state index is -0.844. The highest BCUT2D eigenvalue weighted by Gasteiger charge is 2.41. The summed E-state index contributed by atoms with van der Waals surface area (Å²) in [6.45, 7) is 0.725. The van der Waals surface area contributed by atoms with Crippen LogP contribution in [0.25, 0.3) is 0 Å². The van der Waals surface area contributed by atoms with Gasteiger partial charge in [0.25, 0.3) is 0 Å². The van der Waals surface area contributed by atoms with E-state index in [4.69, 9.17) is 0 Å². The summed E-state index contributed by atoms with van der Waals surface area (Å²) in [6, 6.07) is 18.6. The van der Waals surface area contributed by atoms with Crippen molar-refractivity contribution in [1.29, 1.82) is 0 Å². The molecule has 3 aliphatic rings. The van der Waals surface area contributed by atoms with E-state index in [1.807, 2.05) is 30.3 Å². The highest BCUT2D eigenvalue weighted by atomic mass is 32.2. The Hall–Kier alpha value is -2.67. The van der Waals surface area contributed by atoms with E-state index in [0.717, 1.165) is 61.3 Å². The van der Waals surface area contributed by atoms with Gasteiger partial charge in [0.2, 0.25) is 5.91 Å². The number of benzene rings is 2. The number of carbonyl (C=O) groups excluding carboxylic acids is 1. The average Bonchev–Trinajstić information content (AvgIpc) is 3.65. The first-order valence-electron chi connectivity index (χ1n) is 13.4. The van der Waals surface area contributed by atoms with E-state index >= 15 is 0 Å². The molecule has 1 aliphatic heterocycles. The third-order valence-electron chi connectivity index (χ3n) is 7.71. The van der Waals surface area contributed by atoms with Gasteiger partial charge in [0.15, 0.2) is 4.99 Å². The van der Waals surface area contributed by atoms with Gasteiger partial charge in [0, 0.05) is 12.6 Å². The Labute approximate surface area is 218 Å². The number of nitrogens with one attached hydrogen (secondary N) is 2. The first kappa shape index (κ1) is 25.0. The van der Waals surface area contributed by atoms with E-state index in [-0.39, 0.29) is 12.3 Å². The van der Waals surface area contributed by atoms with Gasteiger partial charge in [-0.1, -0.05) is 61.7 Å². The molecule has 36 heavy (non-hydrogen) atoms. The molecule has 1 unspecified atom stereocenters. The maximum Gasteiger partial charge on any atom is 0.308 e. The number of nitrogens with zero attached hydrogens (tertiary/aromatic N) is 1. The molecule has 0 radical (unpaired) electrons. The van der Waals surface area contributed by atoms with Gasteiger partial charge in [-0.05, 0) is 61.5 Å². The van der Waals surface area contributed by atoms with Crippen molar-refractivity contribution in [3.63, 3.8) is 0 Å². The fourth-order valence-corrected chi connectivity index (χ4v) is 7.07. The van der Waals surface area contributed by atoms with Gasteiger partial charge in [0.1, 0.15) is 0 Å². The molecule has 0 aromatic heterocycles. The maximum absolute atomic E-state index is 14.0. The number of fused-ring (bicyclic) bond motifs is 1. The summed E-state index contributed by atoms with van der Waals surface area (Å²) in [6.07, 6.45) is 8.96. The number of carbonyl (C=O) groups is 2. The zero-order chi connectivity index (χ0) is 25.0. The summed E-state index contributed by atoms with van der Waals surface area (Å²) in [5.41, 5.74) is 3.02. The van der Waals surface area contributed by atoms with Gasteiger partial charge in [-0.3, -0.25) is 9.59 Å². The molecule has 2 saturated carbocycles. The van der Waals surface area contributed by atoms with Crippen molar-refractivity contribution in [2.75, 3.05) is 22.9 Å². The van der Waals surface area contributed by atoms with Crippen LogP contribution in [0.15, 0.2) is 54.6 Å². The van der Waals surface area contributed by atoms with Crippen molar-refractivity contribution in [3.05, 3.63) is 60.2 Å². The first-order chi connectivity index (χ1) is 17.5. The summed E-state index contributed by atoms with van der Waals surface area (Å²) in [5, 5.41) is 16.4. The predicted octanol–water partition coefficient (Wildman–Crippen LogP) is 6.13. The van der Waals surface area contributed by atoms with Crippen molar-refractivity contribution in [2.24, 2.45) is 5.92 Å². The fourth-order valence-electron chi connectivity index (χ4n) is 5.86. The molecule has 5 rings (SSSR count). The fraction of sp³-hybridized carbons (Fsp3) is 0.517. The zero-order valence-electron chi connectivity index (χ0n) is 20.8. The Morgan fingerprint density at radius 3 is 2.19 bits per heavy atom. The minimum absolute atomic E-state index is 0.0324. The monoisotopic (exact) mass is 507 g/mol. The Bertz CT molecular complexity index is 1030. The van der Waals surface area contributed by atoms with Crippen molar-refractivity contribution >= 4 is 35.0 Å². The SMILES string of the molecule is O=C(O)CC1(SCCCN(C(=O)C(c2ccccc2)C2CCCCC2)C2CC2)Nc2ccccc2N1. The standard InChI is InChI=1S/C29H37N3O3S/c33-26(34)20-29(30-24-14-7-8-15-25(24)31-29)36-19-9-18-32(23-16-17-23)28(35)27(21-10-3-1-4-11-21)22-12-5-2-6-13-22/h1,3-4,7-8,10-11,14-15,22-23,27,30-31H,2,5-6,9,12-13,16-20H2,(H,33,34). The molecule has 2 aromatic carbocycles. The largest absolute Gasteiger partial charge is 0.481 e. The Morgan fingerprint density at radius 1 is 0.944 bits per heavy atom. The normalized spacial score (nSPS) is 19.6. The van der Waals surface area contributed by atoms with Crippen molar-refractivity contribution < 1.29 is 14.7 Å². The van der Waals surface area contributed by atoms with E-state index in [0.29, 0.717) is 17.9 Å². The number of rotatable bonds is 11. The van der Waals surface area contributed by atoms with Gasteiger partial charge < -0.3 is 20.6 Å². The van der Waals surface area contributed by atoms with Crippen molar-refractivity contribution in [1.82, 2.24) is 4.90 Å². The first-order valence-corrected chi connectivity index (χ1v) is 14.4. The molecular weight excluding hydrogens is 470 g/mol. The van der Waals surface area contributed by atoms with Crippen LogP contribution in [0.4, 0.5) is 11.4 Å². The second-order valence-corrected chi connectivity index (χ2v) is 11.8. The molecule has 0 saturated heterocycles. The second kappa shape index (κ2) is 11.2. The molecule has 2 aromatic rings. The van der Waals surface area contributed by atoms with Crippen LogP contribution in [0.2, 0.25) is 0 Å². The third-order valence-corrected chi connectivity index (χ3v) is 9.04. The average molecular weight is 508 g/mol.